The van der Waals surface area contributed by atoms with E-state index in [1.807, 2.05) is 23.1 Å². The minimum atomic E-state index is 0.140. The summed E-state index contributed by atoms with van der Waals surface area (Å²) in [5.74, 6) is 0.532. The van der Waals surface area contributed by atoms with Gasteiger partial charge in [0, 0.05) is 19.6 Å². The number of hydrogen-bond donors (Lipinski definition) is 1. The van der Waals surface area contributed by atoms with Crippen molar-refractivity contribution in [2.45, 2.75) is 30.3 Å². The van der Waals surface area contributed by atoms with Gasteiger partial charge in [-0.1, -0.05) is 60.4 Å². The lowest BCUT2D eigenvalue weighted by molar-refractivity contribution is -0.135. The van der Waals surface area contributed by atoms with Crippen LogP contribution < -0.4 is 5.32 Å². The highest BCUT2D eigenvalue weighted by molar-refractivity contribution is 8.01. The third-order valence-corrected chi connectivity index (χ3v) is 5.96. The smallest absolute Gasteiger partial charge is 0.233 e. The Kier molecular flexibility index (Phi) is 6.66. The summed E-state index contributed by atoms with van der Waals surface area (Å²) in [5.41, 5.74) is 1.19. The molecule has 1 aliphatic rings. The zero-order valence-corrected chi connectivity index (χ0v) is 15.8. The molecule has 1 saturated heterocycles. The second kappa shape index (κ2) is 9.17. The average Bonchev–Trinajstić information content (AvgIpc) is 3.13. The second-order valence-corrected chi connectivity index (χ2v) is 7.94. The van der Waals surface area contributed by atoms with E-state index < -0.39 is 0 Å². The zero-order valence-electron chi connectivity index (χ0n) is 14.2. The van der Waals surface area contributed by atoms with Gasteiger partial charge in [-0.15, -0.1) is 10.2 Å². The van der Waals surface area contributed by atoms with Crippen LogP contribution in [0.25, 0.3) is 0 Å². The number of thioether (sulfide) groups is 1. The van der Waals surface area contributed by atoms with E-state index in [-0.39, 0.29) is 12.0 Å². The molecule has 3 rings (SSSR count). The van der Waals surface area contributed by atoms with Crippen LogP contribution in [0, 0.1) is 0 Å². The largest absolute Gasteiger partial charge is 0.375 e. The fourth-order valence-corrected chi connectivity index (χ4v) is 4.17. The fourth-order valence-electron chi connectivity index (χ4n) is 2.52. The van der Waals surface area contributed by atoms with Crippen LogP contribution in [0.15, 0.2) is 34.7 Å². The number of carbonyl (C=O) groups excluding carboxylic acids is 1. The Labute approximate surface area is 156 Å². The van der Waals surface area contributed by atoms with Gasteiger partial charge >= 0.3 is 0 Å². The standard InChI is InChI=1S/C17H22N4O2S2/c1-2-14-11-21(8-9-23-14)15(22)12-24-17-20-19-16(25-17)18-10-13-6-4-3-5-7-13/h3-7,14H,2,8-12H2,1H3,(H,18,19). The summed E-state index contributed by atoms with van der Waals surface area (Å²) in [7, 11) is 0. The van der Waals surface area contributed by atoms with E-state index in [1.165, 1.54) is 28.7 Å². The summed E-state index contributed by atoms with van der Waals surface area (Å²) in [6, 6.07) is 10.2. The molecule has 1 aliphatic heterocycles. The number of nitrogens with zero attached hydrogens (tertiary/aromatic N) is 3. The van der Waals surface area contributed by atoms with Gasteiger partial charge in [-0.05, 0) is 12.0 Å². The lowest BCUT2D eigenvalue weighted by atomic mass is 10.2. The van der Waals surface area contributed by atoms with Crippen molar-refractivity contribution in [3.8, 4) is 0 Å². The number of nitrogens with one attached hydrogen (secondary N) is 1. The summed E-state index contributed by atoms with van der Waals surface area (Å²) >= 11 is 2.93. The molecule has 1 atom stereocenters. The van der Waals surface area contributed by atoms with E-state index in [2.05, 4.69) is 34.6 Å². The van der Waals surface area contributed by atoms with Crippen molar-refractivity contribution in [1.82, 2.24) is 15.1 Å². The van der Waals surface area contributed by atoms with E-state index in [4.69, 9.17) is 4.74 Å². The Bertz CT molecular complexity index is 680. The van der Waals surface area contributed by atoms with Crippen LogP contribution in [-0.2, 0) is 16.1 Å². The number of benzene rings is 1. The Morgan fingerprint density at radius 1 is 1.40 bits per heavy atom. The molecule has 2 heterocycles. The molecule has 8 heteroatoms. The van der Waals surface area contributed by atoms with Crippen LogP contribution in [0.5, 0.6) is 0 Å². The number of aromatic nitrogens is 2. The number of hydrogen-bond acceptors (Lipinski definition) is 7. The van der Waals surface area contributed by atoms with E-state index in [0.29, 0.717) is 32.0 Å². The van der Waals surface area contributed by atoms with Crippen LogP contribution in [0.2, 0.25) is 0 Å². The summed E-state index contributed by atoms with van der Waals surface area (Å²) < 4.78 is 6.42. The molecule has 0 bridgehead atoms. The number of rotatable bonds is 7. The van der Waals surface area contributed by atoms with Crippen LogP contribution in [0.1, 0.15) is 18.9 Å². The molecule has 0 radical (unpaired) electrons. The van der Waals surface area contributed by atoms with E-state index in [9.17, 15) is 4.79 Å². The molecule has 2 aromatic rings. The van der Waals surface area contributed by atoms with Gasteiger partial charge in [-0.3, -0.25) is 4.79 Å². The maximum Gasteiger partial charge on any atom is 0.233 e. The molecule has 0 saturated carbocycles. The number of morpholine rings is 1. The van der Waals surface area contributed by atoms with Crippen LogP contribution in [0.4, 0.5) is 5.13 Å². The average molecular weight is 379 g/mol. The highest BCUT2D eigenvalue weighted by atomic mass is 32.2. The van der Waals surface area contributed by atoms with Gasteiger partial charge in [0.2, 0.25) is 11.0 Å². The highest BCUT2D eigenvalue weighted by Gasteiger charge is 2.23. The number of amides is 1. The van der Waals surface area contributed by atoms with Crippen LogP contribution in [-0.4, -0.2) is 52.6 Å². The predicted octanol–water partition coefficient (Wildman–Crippen LogP) is 2.88. The number of anilines is 1. The molecule has 1 aromatic heterocycles. The summed E-state index contributed by atoms with van der Waals surface area (Å²) in [5, 5.41) is 12.3. The van der Waals surface area contributed by atoms with Gasteiger partial charge in [0.25, 0.3) is 0 Å². The second-order valence-electron chi connectivity index (χ2n) is 5.74. The Hall–Kier alpha value is -1.64. The van der Waals surface area contributed by atoms with Crippen molar-refractivity contribution in [3.05, 3.63) is 35.9 Å². The molecular formula is C17H22N4O2S2. The van der Waals surface area contributed by atoms with Gasteiger partial charge in [0.05, 0.1) is 18.5 Å². The first-order chi connectivity index (χ1) is 12.2. The lowest BCUT2D eigenvalue weighted by Gasteiger charge is -2.32. The molecular weight excluding hydrogens is 356 g/mol. The molecule has 1 fully saturated rings. The number of carbonyl (C=O) groups is 1. The van der Waals surface area contributed by atoms with Gasteiger partial charge in [0.15, 0.2) is 4.34 Å². The van der Waals surface area contributed by atoms with E-state index in [1.54, 1.807) is 0 Å². The first-order valence-corrected chi connectivity index (χ1v) is 10.2. The number of ether oxygens (including phenoxy) is 1. The molecule has 1 amide bonds. The summed E-state index contributed by atoms with van der Waals surface area (Å²) in [6.07, 6.45) is 1.10. The third-order valence-electron chi connectivity index (χ3n) is 3.96. The third kappa shape index (κ3) is 5.42. The van der Waals surface area contributed by atoms with Gasteiger partial charge in [-0.2, -0.15) is 0 Å². The summed E-state index contributed by atoms with van der Waals surface area (Å²) in [4.78, 5) is 14.2. The fraction of sp³-hybridized carbons (Fsp3) is 0.471. The Morgan fingerprint density at radius 2 is 2.24 bits per heavy atom. The molecule has 1 unspecified atom stereocenters. The molecule has 0 spiro atoms. The first-order valence-electron chi connectivity index (χ1n) is 8.38. The maximum atomic E-state index is 12.3. The molecule has 0 aliphatic carbocycles. The predicted molar refractivity (Wildman–Crippen MR) is 101 cm³/mol. The lowest BCUT2D eigenvalue weighted by Crippen LogP contribution is -2.46. The Balaban J connectivity index is 1.44. The van der Waals surface area contributed by atoms with Gasteiger partial charge in [0.1, 0.15) is 0 Å². The Morgan fingerprint density at radius 3 is 3.04 bits per heavy atom. The monoisotopic (exact) mass is 378 g/mol. The van der Waals surface area contributed by atoms with Crippen molar-refractivity contribution in [3.63, 3.8) is 0 Å². The summed E-state index contributed by atoms with van der Waals surface area (Å²) in [6.45, 7) is 4.79. The normalized spacial score (nSPS) is 17.5. The van der Waals surface area contributed by atoms with Crippen molar-refractivity contribution >= 4 is 34.1 Å². The zero-order chi connectivity index (χ0) is 17.5. The van der Waals surface area contributed by atoms with Crippen LogP contribution in [0.3, 0.4) is 0 Å². The van der Waals surface area contributed by atoms with Gasteiger partial charge < -0.3 is 15.0 Å². The molecule has 134 valence electrons. The molecule has 25 heavy (non-hydrogen) atoms. The molecule has 6 nitrogen and oxygen atoms in total. The van der Waals surface area contributed by atoms with Crippen molar-refractivity contribution in [2.75, 3.05) is 30.8 Å². The van der Waals surface area contributed by atoms with Crippen molar-refractivity contribution in [1.29, 1.82) is 0 Å². The van der Waals surface area contributed by atoms with E-state index >= 15 is 0 Å². The first kappa shape index (κ1) is 18.2. The van der Waals surface area contributed by atoms with Crippen molar-refractivity contribution < 1.29 is 9.53 Å². The SMILES string of the molecule is CCC1CN(C(=O)CSc2nnc(NCc3ccccc3)s2)CCO1. The highest BCUT2D eigenvalue weighted by Crippen LogP contribution is 2.26. The minimum Gasteiger partial charge on any atom is -0.375 e. The van der Waals surface area contributed by atoms with E-state index in [0.717, 1.165) is 15.9 Å². The van der Waals surface area contributed by atoms with Gasteiger partial charge in [-0.25, -0.2) is 0 Å². The molecule has 1 N–H and O–H groups in total. The molecule has 1 aromatic carbocycles. The minimum absolute atomic E-state index is 0.140. The topological polar surface area (TPSA) is 67.4 Å². The quantitative estimate of drug-likeness (QED) is 0.747. The maximum absolute atomic E-state index is 12.3. The van der Waals surface area contributed by atoms with Crippen LogP contribution >= 0.6 is 23.1 Å². The van der Waals surface area contributed by atoms with Crippen molar-refractivity contribution in [2.24, 2.45) is 0 Å².